The number of fused-ring (bicyclic) bond motifs is 1. The number of benzene rings is 2. The van der Waals surface area contributed by atoms with Crippen molar-refractivity contribution in [2.75, 3.05) is 13.2 Å². The maximum Gasteiger partial charge on any atom is 0.338 e. The molecule has 2 aromatic carbocycles. The van der Waals surface area contributed by atoms with Crippen LogP contribution in [-0.2, 0) is 16.1 Å². The zero-order valence-electron chi connectivity index (χ0n) is 14.3. The summed E-state index contributed by atoms with van der Waals surface area (Å²) in [5.74, 6) is 0.526. The molecule has 1 heterocycles. The highest BCUT2D eigenvalue weighted by molar-refractivity contribution is 5.89. The average Bonchev–Trinajstić information content (AvgIpc) is 3.08. The number of imidazole rings is 1. The molecule has 0 unspecified atom stereocenters. The number of para-hydroxylation sites is 2. The second-order valence-corrected chi connectivity index (χ2v) is 5.51. The van der Waals surface area contributed by atoms with Crippen LogP contribution in [0.4, 0.5) is 0 Å². The largest absolute Gasteiger partial charge is 0.484 e. The summed E-state index contributed by atoms with van der Waals surface area (Å²) in [7, 11) is 0. The first-order chi connectivity index (χ1) is 12.7. The summed E-state index contributed by atoms with van der Waals surface area (Å²) >= 11 is 0. The highest BCUT2D eigenvalue weighted by Crippen LogP contribution is 2.13. The quantitative estimate of drug-likeness (QED) is 0.636. The van der Waals surface area contributed by atoms with E-state index < -0.39 is 0 Å². The number of nitrogens with one attached hydrogen (secondary N) is 2. The van der Waals surface area contributed by atoms with E-state index in [4.69, 9.17) is 9.47 Å². The van der Waals surface area contributed by atoms with Gasteiger partial charge in [-0.1, -0.05) is 12.1 Å². The van der Waals surface area contributed by atoms with Gasteiger partial charge in [-0.3, -0.25) is 4.79 Å². The van der Waals surface area contributed by atoms with Crippen molar-refractivity contribution in [3.63, 3.8) is 0 Å². The molecule has 2 N–H and O–H groups in total. The third-order valence-electron chi connectivity index (χ3n) is 3.63. The zero-order chi connectivity index (χ0) is 18.4. The van der Waals surface area contributed by atoms with E-state index in [0.29, 0.717) is 30.3 Å². The van der Waals surface area contributed by atoms with E-state index in [2.05, 4.69) is 15.3 Å². The monoisotopic (exact) mass is 353 g/mol. The molecule has 0 bridgehead atoms. The van der Waals surface area contributed by atoms with Crippen molar-refractivity contribution in [3.8, 4) is 5.75 Å². The van der Waals surface area contributed by atoms with Crippen molar-refractivity contribution < 1.29 is 19.1 Å². The highest BCUT2D eigenvalue weighted by Gasteiger charge is 2.08. The minimum absolute atomic E-state index is 0.126. The minimum atomic E-state index is -0.386. The SMILES string of the molecule is CCOC(=O)c1ccc(OCC(=O)NCc2nc3ccccc3[nH]2)cc1. The van der Waals surface area contributed by atoms with Crippen LogP contribution < -0.4 is 10.1 Å². The standard InChI is InChI=1S/C19H19N3O4/c1-2-25-19(24)13-7-9-14(10-8-13)26-12-18(23)20-11-17-21-15-5-3-4-6-16(15)22-17/h3-10H,2,11-12H2,1H3,(H,20,23)(H,21,22). The predicted octanol–water partition coefficient (Wildman–Crippen LogP) is 2.43. The van der Waals surface area contributed by atoms with E-state index in [1.54, 1.807) is 31.2 Å². The summed E-state index contributed by atoms with van der Waals surface area (Å²) in [6.45, 7) is 2.24. The normalized spacial score (nSPS) is 10.5. The van der Waals surface area contributed by atoms with Crippen LogP contribution in [0.2, 0.25) is 0 Å². The van der Waals surface area contributed by atoms with Crippen molar-refractivity contribution in [3.05, 3.63) is 59.9 Å². The number of esters is 1. The molecule has 0 fully saturated rings. The molecule has 1 aromatic heterocycles. The smallest absolute Gasteiger partial charge is 0.338 e. The molecule has 0 aliphatic carbocycles. The Labute approximate surface area is 150 Å². The summed E-state index contributed by atoms with van der Waals surface area (Å²) in [4.78, 5) is 31.0. The molecule has 7 nitrogen and oxygen atoms in total. The summed E-state index contributed by atoms with van der Waals surface area (Å²) in [5, 5.41) is 2.74. The second kappa shape index (κ2) is 8.15. The Morgan fingerprint density at radius 3 is 2.62 bits per heavy atom. The molecular weight excluding hydrogens is 334 g/mol. The van der Waals surface area contributed by atoms with E-state index in [0.717, 1.165) is 11.0 Å². The summed E-state index contributed by atoms with van der Waals surface area (Å²) in [5.41, 5.74) is 2.22. The lowest BCUT2D eigenvalue weighted by Crippen LogP contribution is -2.28. The zero-order valence-corrected chi connectivity index (χ0v) is 14.3. The van der Waals surface area contributed by atoms with Crippen LogP contribution in [0.3, 0.4) is 0 Å². The molecule has 0 atom stereocenters. The van der Waals surface area contributed by atoms with Crippen LogP contribution in [-0.4, -0.2) is 35.1 Å². The summed E-state index contributed by atoms with van der Waals surface area (Å²) in [6, 6.07) is 14.1. The minimum Gasteiger partial charge on any atom is -0.484 e. The Kier molecular flexibility index (Phi) is 5.48. The summed E-state index contributed by atoms with van der Waals surface area (Å²) in [6.07, 6.45) is 0. The molecule has 0 aliphatic heterocycles. The predicted molar refractivity (Wildman–Crippen MR) is 95.8 cm³/mol. The first-order valence-electron chi connectivity index (χ1n) is 8.26. The van der Waals surface area contributed by atoms with Gasteiger partial charge in [0.2, 0.25) is 0 Å². The molecule has 0 saturated carbocycles. The van der Waals surface area contributed by atoms with Crippen LogP contribution in [0.25, 0.3) is 11.0 Å². The number of amides is 1. The van der Waals surface area contributed by atoms with E-state index in [-0.39, 0.29) is 18.5 Å². The van der Waals surface area contributed by atoms with E-state index >= 15 is 0 Å². The fraction of sp³-hybridized carbons (Fsp3) is 0.211. The van der Waals surface area contributed by atoms with Gasteiger partial charge in [-0.2, -0.15) is 0 Å². The summed E-state index contributed by atoms with van der Waals surface area (Å²) < 4.78 is 10.3. The number of nitrogens with zero attached hydrogens (tertiary/aromatic N) is 1. The fourth-order valence-electron chi connectivity index (χ4n) is 2.37. The van der Waals surface area contributed by atoms with Crippen molar-refractivity contribution in [2.24, 2.45) is 0 Å². The Bertz CT molecular complexity index is 870. The van der Waals surface area contributed by atoms with Gasteiger partial charge < -0.3 is 19.8 Å². The van der Waals surface area contributed by atoms with Gasteiger partial charge in [-0.05, 0) is 43.3 Å². The number of hydrogen-bond donors (Lipinski definition) is 2. The van der Waals surface area contributed by atoms with Gasteiger partial charge in [-0.25, -0.2) is 9.78 Å². The van der Waals surface area contributed by atoms with Gasteiger partial charge in [0, 0.05) is 0 Å². The van der Waals surface area contributed by atoms with Gasteiger partial charge in [0.15, 0.2) is 6.61 Å². The van der Waals surface area contributed by atoms with E-state index in [9.17, 15) is 9.59 Å². The number of ether oxygens (including phenoxy) is 2. The molecule has 0 saturated heterocycles. The molecular formula is C19H19N3O4. The van der Waals surface area contributed by atoms with Gasteiger partial charge in [0.25, 0.3) is 5.91 Å². The third-order valence-corrected chi connectivity index (χ3v) is 3.63. The molecule has 0 radical (unpaired) electrons. The van der Waals surface area contributed by atoms with Crippen LogP contribution in [0.5, 0.6) is 5.75 Å². The van der Waals surface area contributed by atoms with Gasteiger partial charge in [-0.15, -0.1) is 0 Å². The highest BCUT2D eigenvalue weighted by atomic mass is 16.5. The Morgan fingerprint density at radius 2 is 1.88 bits per heavy atom. The average molecular weight is 353 g/mol. The number of H-pyrrole nitrogens is 1. The number of carbonyl (C=O) groups is 2. The fourth-order valence-corrected chi connectivity index (χ4v) is 2.37. The molecule has 3 aromatic rings. The maximum absolute atomic E-state index is 11.9. The van der Waals surface area contributed by atoms with Crippen LogP contribution in [0.15, 0.2) is 48.5 Å². The van der Waals surface area contributed by atoms with Crippen LogP contribution in [0.1, 0.15) is 23.1 Å². The molecule has 3 rings (SSSR count). The number of rotatable bonds is 7. The topological polar surface area (TPSA) is 93.3 Å². The van der Waals surface area contributed by atoms with Crippen molar-refractivity contribution in [1.82, 2.24) is 15.3 Å². The van der Waals surface area contributed by atoms with Gasteiger partial charge in [0.1, 0.15) is 11.6 Å². The van der Waals surface area contributed by atoms with E-state index in [1.165, 1.54) is 0 Å². The Balaban J connectivity index is 1.47. The lowest BCUT2D eigenvalue weighted by Gasteiger charge is -2.07. The Morgan fingerprint density at radius 1 is 1.12 bits per heavy atom. The molecule has 134 valence electrons. The molecule has 0 spiro atoms. The Hall–Kier alpha value is -3.35. The number of aromatic amines is 1. The first-order valence-corrected chi connectivity index (χ1v) is 8.26. The lowest BCUT2D eigenvalue weighted by molar-refractivity contribution is -0.123. The molecule has 1 amide bonds. The van der Waals surface area contributed by atoms with Crippen molar-refractivity contribution >= 4 is 22.9 Å². The van der Waals surface area contributed by atoms with Crippen molar-refractivity contribution in [1.29, 1.82) is 0 Å². The van der Waals surface area contributed by atoms with Gasteiger partial charge >= 0.3 is 5.97 Å². The molecule has 26 heavy (non-hydrogen) atoms. The first kappa shape index (κ1) is 17.5. The van der Waals surface area contributed by atoms with Crippen LogP contribution in [0, 0.1) is 0 Å². The second-order valence-electron chi connectivity index (χ2n) is 5.51. The lowest BCUT2D eigenvalue weighted by atomic mass is 10.2. The number of hydrogen-bond acceptors (Lipinski definition) is 5. The van der Waals surface area contributed by atoms with Crippen LogP contribution >= 0.6 is 0 Å². The third kappa shape index (κ3) is 4.38. The molecule has 7 heteroatoms. The van der Waals surface area contributed by atoms with E-state index in [1.807, 2.05) is 24.3 Å². The molecule has 0 aliphatic rings. The van der Waals surface area contributed by atoms with Gasteiger partial charge in [0.05, 0.1) is 29.7 Å². The number of carbonyl (C=O) groups excluding carboxylic acids is 2. The van der Waals surface area contributed by atoms with Crippen molar-refractivity contribution in [2.45, 2.75) is 13.5 Å². The number of aromatic nitrogens is 2. The maximum atomic E-state index is 11.9.